The van der Waals surface area contributed by atoms with Crippen molar-refractivity contribution in [2.75, 3.05) is 0 Å². The first-order valence-corrected chi connectivity index (χ1v) is 10.0. The van der Waals surface area contributed by atoms with Gasteiger partial charge in [0.25, 0.3) is 0 Å². The van der Waals surface area contributed by atoms with E-state index in [1.165, 1.54) is 11.3 Å². The summed E-state index contributed by atoms with van der Waals surface area (Å²) in [7, 11) is 0. The van der Waals surface area contributed by atoms with Gasteiger partial charge in [-0.3, -0.25) is 4.79 Å². The highest BCUT2D eigenvalue weighted by atomic mass is 35.5. The summed E-state index contributed by atoms with van der Waals surface area (Å²) in [6.45, 7) is 0. The van der Waals surface area contributed by atoms with E-state index in [0.717, 1.165) is 11.1 Å². The molecule has 8 heteroatoms. The lowest BCUT2D eigenvalue weighted by molar-refractivity contribution is -0.141. The fourth-order valence-corrected chi connectivity index (χ4v) is 4.05. The Labute approximate surface area is 176 Å². The minimum absolute atomic E-state index is 0.0136. The zero-order valence-corrected chi connectivity index (χ0v) is 16.9. The van der Waals surface area contributed by atoms with Gasteiger partial charge >= 0.3 is 5.97 Å². The Kier molecular flexibility index (Phi) is 6.67. The molecule has 2 aromatic carbocycles. The van der Waals surface area contributed by atoms with E-state index >= 15 is 0 Å². The van der Waals surface area contributed by atoms with E-state index in [2.05, 4.69) is 10.3 Å². The number of carboxylic acid groups (broad SMARTS) is 1. The van der Waals surface area contributed by atoms with Gasteiger partial charge in [0.05, 0.1) is 17.1 Å². The molecule has 0 saturated heterocycles. The second kappa shape index (κ2) is 9.19. The minimum Gasteiger partial charge on any atom is -0.480 e. The van der Waals surface area contributed by atoms with Crippen LogP contribution in [0, 0.1) is 0 Å². The van der Waals surface area contributed by atoms with Gasteiger partial charge in [0.15, 0.2) is 0 Å². The topological polar surface area (TPSA) is 79.3 Å². The maximum absolute atomic E-state index is 12.3. The van der Waals surface area contributed by atoms with Crippen LogP contribution >= 0.6 is 34.5 Å². The first-order valence-electron chi connectivity index (χ1n) is 8.38. The number of hydrogen-bond donors (Lipinski definition) is 2. The van der Waals surface area contributed by atoms with Crippen molar-refractivity contribution in [2.45, 2.75) is 18.9 Å². The van der Waals surface area contributed by atoms with Gasteiger partial charge in [-0.1, -0.05) is 53.5 Å². The predicted molar refractivity (Wildman–Crippen MR) is 111 cm³/mol. The highest BCUT2D eigenvalue weighted by Crippen LogP contribution is 2.32. The largest absolute Gasteiger partial charge is 0.480 e. The lowest BCUT2D eigenvalue weighted by atomic mass is 10.1. The summed E-state index contributed by atoms with van der Waals surface area (Å²) in [5.41, 5.74) is 2.12. The molecule has 0 fully saturated rings. The van der Waals surface area contributed by atoms with E-state index in [1.807, 2.05) is 30.3 Å². The summed E-state index contributed by atoms with van der Waals surface area (Å²) in [6, 6.07) is 13.3. The molecule has 0 bridgehead atoms. The second-order valence-corrected chi connectivity index (χ2v) is 7.79. The number of hydrogen-bond acceptors (Lipinski definition) is 4. The molecule has 2 N–H and O–H groups in total. The average molecular weight is 435 g/mol. The van der Waals surface area contributed by atoms with E-state index < -0.39 is 17.9 Å². The highest BCUT2D eigenvalue weighted by molar-refractivity contribution is 7.13. The quantitative estimate of drug-likeness (QED) is 0.574. The number of aromatic nitrogens is 1. The summed E-state index contributed by atoms with van der Waals surface area (Å²) in [5.74, 6) is -1.48. The van der Waals surface area contributed by atoms with Gasteiger partial charge in [-0.15, -0.1) is 11.3 Å². The maximum atomic E-state index is 12.3. The molecule has 3 aromatic rings. The molecule has 0 aliphatic carbocycles. The number of carbonyl (C=O) groups is 2. The predicted octanol–water partition coefficient (Wildman–Crippen LogP) is 4.47. The third-order valence-electron chi connectivity index (χ3n) is 3.97. The number of aliphatic carboxylic acids is 1. The number of halogens is 2. The Morgan fingerprint density at radius 3 is 2.57 bits per heavy atom. The normalized spacial score (nSPS) is 11.8. The van der Waals surface area contributed by atoms with Crippen molar-refractivity contribution in [1.82, 2.24) is 10.3 Å². The van der Waals surface area contributed by atoms with Gasteiger partial charge < -0.3 is 10.4 Å². The summed E-state index contributed by atoms with van der Waals surface area (Å²) in [4.78, 5) is 28.2. The van der Waals surface area contributed by atoms with Crippen molar-refractivity contribution in [2.24, 2.45) is 0 Å². The molecule has 0 saturated carbocycles. The van der Waals surface area contributed by atoms with Crippen molar-refractivity contribution in [1.29, 1.82) is 0 Å². The Morgan fingerprint density at radius 2 is 1.89 bits per heavy atom. The summed E-state index contributed by atoms with van der Waals surface area (Å²) < 4.78 is 0. The molecule has 5 nitrogen and oxygen atoms in total. The lowest BCUT2D eigenvalue weighted by Crippen LogP contribution is -2.43. The molecule has 0 aliphatic rings. The third kappa shape index (κ3) is 5.32. The first kappa shape index (κ1) is 20.3. The molecule has 0 aliphatic heterocycles. The van der Waals surface area contributed by atoms with E-state index in [4.69, 9.17) is 23.2 Å². The van der Waals surface area contributed by atoms with E-state index in [1.54, 1.807) is 23.6 Å². The molecular weight excluding hydrogens is 419 g/mol. The fourth-order valence-electron chi connectivity index (χ4n) is 2.63. The van der Waals surface area contributed by atoms with Crippen molar-refractivity contribution in [3.63, 3.8) is 0 Å². The smallest absolute Gasteiger partial charge is 0.326 e. The van der Waals surface area contributed by atoms with Crippen LogP contribution in [0.15, 0.2) is 53.9 Å². The molecule has 0 spiro atoms. The van der Waals surface area contributed by atoms with Crippen LogP contribution in [0.4, 0.5) is 0 Å². The molecule has 1 atom stereocenters. The number of benzene rings is 2. The zero-order chi connectivity index (χ0) is 20.1. The standard InChI is InChI=1S/C20H16Cl2N2O3S/c21-13-6-7-15(16(22)9-13)19-23-14(11-28-19)10-18(25)24-17(20(26)27)8-12-4-2-1-3-5-12/h1-7,9,11,17H,8,10H2,(H,24,25)(H,26,27)/t17-/m1/s1. The van der Waals surface area contributed by atoms with Gasteiger partial charge in [0, 0.05) is 22.4 Å². The molecule has 1 aromatic heterocycles. The van der Waals surface area contributed by atoms with Gasteiger partial charge in [0.2, 0.25) is 5.91 Å². The average Bonchev–Trinajstić information content (AvgIpc) is 3.10. The van der Waals surface area contributed by atoms with Crippen molar-refractivity contribution >= 4 is 46.4 Å². The van der Waals surface area contributed by atoms with E-state index in [0.29, 0.717) is 20.7 Å². The second-order valence-electron chi connectivity index (χ2n) is 6.09. The molecule has 1 amide bonds. The number of nitrogens with one attached hydrogen (secondary N) is 1. The number of carboxylic acids is 1. The molecular formula is C20H16Cl2N2O3S. The monoisotopic (exact) mass is 434 g/mol. The zero-order valence-electron chi connectivity index (χ0n) is 14.6. The van der Waals surface area contributed by atoms with Crippen LogP contribution in [0.25, 0.3) is 10.6 Å². The van der Waals surface area contributed by atoms with Crippen LogP contribution in [0.3, 0.4) is 0 Å². The van der Waals surface area contributed by atoms with Crippen molar-refractivity contribution < 1.29 is 14.7 Å². The molecule has 0 unspecified atom stereocenters. The Hall–Kier alpha value is -2.41. The van der Waals surface area contributed by atoms with Crippen molar-refractivity contribution in [3.8, 4) is 10.6 Å². The maximum Gasteiger partial charge on any atom is 0.326 e. The summed E-state index contributed by atoms with van der Waals surface area (Å²) >= 11 is 13.5. The third-order valence-corrected chi connectivity index (χ3v) is 5.44. The van der Waals surface area contributed by atoms with Crippen molar-refractivity contribution in [3.05, 3.63) is 75.2 Å². The van der Waals surface area contributed by atoms with Gasteiger partial charge in [-0.05, 0) is 23.8 Å². The molecule has 28 heavy (non-hydrogen) atoms. The Morgan fingerprint density at radius 1 is 1.14 bits per heavy atom. The Balaban J connectivity index is 1.65. The van der Waals surface area contributed by atoms with E-state index in [-0.39, 0.29) is 12.8 Å². The molecule has 0 radical (unpaired) electrons. The van der Waals surface area contributed by atoms with Crippen LogP contribution in [-0.2, 0) is 22.4 Å². The van der Waals surface area contributed by atoms with Gasteiger partial charge in [0.1, 0.15) is 11.0 Å². The Bertz CT molecular complexity index is 992. The molecule has 3 rings (SSSR count). The van der Waals surface area contributed by atoms with Crippen LogP contribution < -0.4 is 5.32 Å². The van der Waals surface area contributed by atoms with Crippen LogP contribution in [-0.4, -0.2) is 28.0 Å². The number of rotatable bonds is 7. The number of amides is 1. The van der Waals surface area contributed by atoms with Crippen LogP contribution in [0.5, 0.6) is 0 Å². The molecule has 144 valence electrons. The lowest BCUT2D eigenvalue weighted by Gasteiger charge is -2.14. The van der Waals surface area contributed by atoms with E-state index in [9.17, 15) is 14.7 Å². The number of thiazole rings is 1. The van der Waals surface area contributed by atoms with Gasteiger partial charge in [-0.25, -0.2) is 9.78 Å². The minimum atomic E-state index is -1.08. The number of carbonyl (C=O) groups excluding carboxylic acids is 1. The number of nitrogens with zero attached hydrogens (tertiary/aromatic N) is 1. The van der Waals surface area contributed by atoms with Gasteiger partial charge in [-0.2, -0.15) is 0 Å². The first-order chi connectivity index (χ1) is 13.4. The fraction of sp³-hybridized carbons (Fsp3) is 0.150. The molecule has 1 heterocycles. The van der Waals surface area contributed by atoms with Crippen LogP contribution in [0.1, 0.15) is 11.3 Å². The SMILES string of the molecule is O=C(Cc1csc(-c2ccc(Cl)cc2Cl)n1)N[C@H](Cc1ccccc1)C(=O)O. The highest BCUT2D eigenvalue weighted by Gasteiger charge is 2.21. The summed E-state index contributed by atoms with van der Waals surface area (Å²) in [5, 5.41) is 15.4. The summed E-state index contributed by atoms with van der Waals surface area (Å²) in [6.07, 6.45) is 0.199. The van der Waals surface area contributed by atoms with Crippen LogP contribution in [0.2, 0.25) is 10.0 Å².